The second-order valence-corrected chi connectivity index (χ2v) is 9.80. The highest BCUT2D eigenvalue weighted by molar-refractivity contribution is 7.92. The summed E-state index contributed by atoms with van der Waals surface area (Å²) in [5, 5.41) is 0.275. The lowest BCUT2D eigenvalue weighted by Crippen LogP contribution is -2.42. The van der Waals surface area contributed by atoms with Gasteiger partial charge < -0.3 is 14.4 Å². The van der Waals surface area contributed by atoms with Crippen LogP contribution >= 0.6 is 11.6 Å². The van der Waals surface area contributed by atoms with E-state index in [4.69, 9.17) is 21.1 Å². The molecule has 1 heterocycles. The van der Waals surface area contributed by atoms with Crippen LogP contribution in [-0.2, 0) is 14.8 Å². The number of sulfonamides is 1. The Hall–Kier alpha value is -2.45. The molecule has 30 heavy (non-hydrogen) atoms. The highest BCUT2D eigenvalue weighted by Gasteiger charge is 2.37. The van der Waals surface area contributed by atoms with Crippen molar-refractivity contribution in [3.8, 4) is 11.5 Å². The molecule has 0 aliphatic carbocycles. The highest BCUT2D eigenvalue weighted by Crippen LogP contribution is 2.39. The maximum Gasteiger partial charge on any atom is 0.265 e. The first-order valence-electron chi connectivity index (χ1n) is 9.54. The van der Waals surface area contributed by atoms with Crippen LogP contribution in [0.1, 0.15) is 27.2 Å². The largest absolute Gasteiger partial charge is 0.495 e. The molecule has 1 aliphatic heterocycles. The number of nitrogens with one attached hydrogen (secondary N) is 1. The Balaban J connectivity index is 1.98. The summed E-state index contributed by atoms with van der Waals surface area (Å²) in [5.41, 5.74) is 0.234. The Bertz CT molecular complexity index is 1070. The Morgan fingerprint density at radius 2 is 1.97 bits per heavy atom. The molecular formula is C21H25ClN2O5S. The molecule has 0 aromatic heterocycles. The van der Waals surface area contributed by atoms with Gasteiger partial charge in [-0.15, -0.1) is 0 Å². The Kier molecular flexibility index (Phi) is 6.19. The number of carbonyl (C=O) groups excluding carboxylic acids is 1. The summed E-state index contributed by atoms with van der Waals surface area (Å²) in [6, 6.07) is 9.25. The van der Waals surface area contributed by atoms with Crippen LogP contribution in [0.2, 0.25) is 5.02 Å². The molecule has 7 nitrogen and oxygen atoms in total. The van der Waals surface area contributed by atoms with Gasteiger partial charge in [-0.2, -0.15) is 0 Å². The smallest absolute Gasteiger partial charge is 0.265 e. The number of rotatable bonds is 6. The summed E-state index contributed by atoms with van der Waals surface area (Å²) in [5.74, 6) is 0.597. The van der Waals surface area contributed by atoms with Gasteiger partial charge >= 0.3 is 0 Å². The van der Waals surface area contributed by atoms with E-state index in [0.717, 1.165) is 6.42 Å². The maximum atomic E-state index is 12.9. The van der Waals surface area contributed by atoms with Crippen molar-refractivity contribution in [2.24, 2.45) is 5.41 Å². The predicted octanol–water partition coefficient (Wildman–Crippen LogP) is 4.31. The summed E-state index contributed by atoms with van der Waals surface area (Å²) in [6.07, 6.45) is 0.782. The van der Waals surface area contributed by atoms with Gasteiger partial charge in [0, 0.05) is 17.6 Å². The quantitative estimate of drug-likeness (QED) is 0.705. The van der Waals surface area contributed by atoms with E-state index in [1.807, 2.05) is 20.8 Å². The van der Waals surface area contributed by atoms with Crippen molar-refractivity contribution < 1.29 is 22.7 Å². The van der Waals surface area contributed by atoms with Crippen molar-refractivity contribution in [2.45, 2.75) is 32.1 Å². The molecule has 0 bridgehead atoms. The Labute approximate surface area is 182 Å². The number of halogens is 1. The second-order valence-electron chi connectivity index (χ2n) is 7.71. The fourth-order valence-corrected chi connectivity index (χ4v) is 4.71. The predicted molar refractivity (Wildman–Crippen MR) is 117 cm³/mol. The van der Waals surface area contributed by atoms with Crippen LogP contribution in [0, 0.1) is 5.41 Å². The number of hydrogen-bond acceptors (Lipinski definition) is 5. The van der Waals surface area contributed by atoms with E-state index in [2.05, 4.69) is 4.72 Å². The number of fused-ring (bicyclic) bond motifs is 1. The van der Waals surface area contributed by atoms with Gasteiger partial charge in [0.05, 0.1) is 23.9 Å². The zero-order valence-electron chi connectivity index (χ0n) is 17.4. The summed E-state index contributed by atoms with van der Waals surface area (Å²) >= 11 is 5.98. The molecule has 0 radical (unpaired) electrons. The van der Waals surface area contributed by atoms with E-state index in [0.29, 0.717) is 23.7 Å². The Morgan fingerprint density at radius 1 is 1.23 bits per heavy atom. The summed E-state index contributed by atoms with van der Waals surface area (Å²) in [4.78, 5) is 14.6. The lowest BCUT2D eigenvalue weighted by atomic mass is 9.93. The van der Waals surface area contributed by atoms with E-state index in [1.165, 1.54) is 19.2 Å². The molecule has 3 rings (SSSR count). The molecular weight excluding hydrogens is 428 g/mol. The minimum atomic E-state index is -3.97. The number of anilines is 2. The molecule has 162 valence electrons. The van der Waals surface area contributed by atoms with Crippen LogP contribution < -0.4 is 19.1 Å². The normalized spacial score (nSPS) is 15.8. The van der Waals surface area contributed by atoms with Gasteiger partial charge in [0.1, 0.15) is 23.0 Å². The summed E-state index contributed by atoms with van der Waals surface area (Å²) < 4.78 is 39.5. The van der Waals surface area contributed by atoms with Crippen molar-refractivity contribution >= 4 is 38.9 Å². The van der Waals surface area contributed by atoms with E-state index >= 15 is 0 Å². The van der Waals surface area contributed by atoms with Crippen LogP contribution in [-0.4, -0.2) is 34.6 Å². The molecule has 2 aromatic rings. The lowest BCUT2D eigenvalue weighted by Gasteiger charge is -2.27. The number of nitrogens with zero attached hydrogens (tertiary/aromatic N) is 1. The highest BCUT2D eigenvalue weighted by atomic mass is 35.5. The minimum Gasteiger partial charge on any atom is -0.495 e. The van der Waals surface area contributed by atoms with Crippen LogP contribution in [0.4, 0.5) is 11.4 Å². The molecule has 9 heteroatoms. The molecule has 0 saturated heterocycles. The van der Waals surface area contributed by atoms with Crippen molar-refractivity contribution in [1.29, 1.82) is 0 Å². The topological polar surface area (TPSA) is 84.9 Å². The molecule has 2 aromatic carbocycles. The van der Waals surface area contributed by atoms with Gasteiger partial charge in [0.25, 0.3) is 10.0 Å². The van der Waals surface area contributed by atoms with Crippen LogP contribution in [0.5, 0.6) is 11.5 Å². The standard InChI is InChI=1S/C21H25ClN2O5S/c1-5-10-24-16-8-7-15(12-18(16)29-13-21(2,3)20(24)25)23-30(26,27)19-11-14(22)6-9-17(19)28-4/h6-9,11-12,23H,5,10,13H2,1-4H3. The van der Waals surface area contributed by atoms with Crippen molar-refractivity contribution in [1.82, 2.24) is 0 Å². The Morgan fingerprint density at radius 3 is 2.63 bits per heavy atom. The van der Waals surface area contributed by atoms with Gasteiger partial charge in [-0.1, -0.05) is 18.5 Å². The third-order valence-electron chi connectivity index (χ3n) is 4.78. The number of carbonyl (C=O) groups is 1. The van der Waals surface area contributed by atoms with E-state index in [9.17, 15) is 13.2 Å². The maximum absolute atomic E-state index is 12.9. The average molecular weight is 453 g/mol. The first-order chi connectivity index (χ1) is 14.1. The first kappa shape index (κ1) is 22.2. The van der Waals surface area contributed by atoms with Crippen LogP contribution in [0.25, 0.3) is 0 Å². The number of amides is 1. The summed E-state index contributed by atoms with van der Waals surface area (Å²) in [6.45, 7) is 6.39. The number of benzene rings is 2. The fourth-order valence-electron chi connectivity index (χ4n) is 3.23. The number of ether oxygens (including phenoxy) is 2. The van der Waals surface area contributed by atoms with E-state index < -0.39 is 15.4 Å². The van der Waals surface area contributed by atoms with Gasteiger partial charge in [0.15, 0.2) is 0 Å². The molecule has 1 aliphatic rings. The molecule has 0 spiro atoms. The third kappa shape index (κ3) is 4.34. The molecule has 1 amide bonds. The van der Waals surface area contributed by atoms with Gasteiger partial charge in [-0.25, -0.2) is 8.42 Å². The number of methoxy groups -OCH3 is 1. The first-order valence-corrected chi connectivity index (χ1v) is 11.4. The van der Waals surface area contributed by atoms with Gasteiger partial charge in [-0.3, -0.25) is 9.52 Å². The van der Waals surface area contributed by atoms with Crippen molar-refractivity contribution in [3.63, 3.8) is 0 Å². The van der Waals surface area contributed by atoms with Crippen molar-refractivity contribution in [2.75, 3.05) is 29.9 Å². The second kappa shape index (κ2) is 8.35. The SMILES string of the molecule is CCCN1C(=O)C(C)(C)COc2cc(NS(=O)(=O)c3cc(Cl)ccc3OC)ccc21. The minimum absolute atomic E-state index is 0.0277. The fraction of sp³-hybridized carbons (Fsp3) is 0.381. The van der Waals surface area contributed by atoms with Crippen LogP contribution in [0.15, 0.2) is 41.3 Å². The van der Waals surface area contributed by atoms with Crippen LogP contribution in [0.3, 0.4) is 0 Å². The molecule has 0 saturated carbocycles. The van der Waals surface area contributed by atoms with Gasteiger partial charge in [0.2, 0.25) is 5.91 Å². The molecule has 0 atom stereocenters. The molecule has 0 fully saturated rings. The zero-order chi connectivity index (χ0) is 22.1. The zero-order valence-corrected chi connectivity index (χ0v) is 18.9. The van der Waals surface area contributed by atoms with Crippen molar-refractivity contribution in [3.05, 3.63) is 41.4 Å². The molecule has 1 N–H and O–H groups in total. The molecule has 0 unspecified atom stereocenters. The number of hydrogen-bond donors (Lipinski definition) is 1. The van der Waals surface area contributed by atoms with Gasteiger partial charge in [-0.05, 0) is 50.6 Å². The monoisotopic (exact) mass is 452 g/mol. The third-order valence-corrected chi connectivity index (χ3v) is 6.42. The average Bonchev–Trinajstić information content (AvgIpc) is 2.78. The van der Waals surface area contributed by atoms with E-state index in [1.54, 1.807) is 29.2 Å². The summed E-state index contributed by atoms with van der Waals surface area (Å²) in [7, 11) is -2.58. The van der Waals surface area contributed by atoms with E-state index in [-0.39, 0.29) is 28.2 Å². The lowest BCUT2D eigenvalue weighted by molar-refractivity contribution is -0.127.